The standard InChI is InChI=1S/C22H17/c1-3-7-21-15-17(11-13-19(21)5-1)9-10-18-12-14-20-6-2-4-8-22(20)16-18/h1-9,11-16H,10H2. The Balaban J connectivity index is 1.57. The molecule has 0 aromatic heterocycles. The van der Waals surface area contributed by atoms with Crippen LogP contribution in [-0.4, -0.2) is 0 Å². The molecule has 105 valence electrons. The van der Waals surface area contributed by atoms with Crippen molar-refractivity contribution in [3.8, 4) is 0 Å². The van der Waals surface area contributed by atoms with Gasteiger partial charge in [-0.1, -0.05) is 84.9 Å². The molecule has 0 heterocycles. The van der Waals surface area contributed by atoms with Gasteiger partial charge in [-0.25, -0.2) is 0 Å². The van der Waals surface area contributed by atoms with Crippen LogP contribution in [0.25, 0.3) is 21.5 Å². The monoisotopic (exact) mass is 281 g/mol. The Bertz CT molecular complexity index is 855. The van der Waals surface area contributed by atoms with Gasteiger partial charge in [-0.3, -0.25) is 0 Å². The van der Waals surface area contributed by atoms with Crippen LogP contribution in [0.4, 0.5) is 0 Å². The fraction of sp³-hybridized carbons (Fsp3) is 0.0455. The zero-order chi connectivity index (χ0) is 14.8. The molecule has 0 amide bonds. The van der Waals surface area contributed by atoms with Crippen molar-refractivity contribution >= 4 is 21.5 Å². The second-order valence-corrected chi connectivity index (χ2v) is 5.70. The van der Waals surface area contributed by atoms with Gasteiger partial charge in [0.05, 0.1) is 0 Å². The van der Waals surface area contributed by atoms with Crippen molar-refractivity contribution in [2.75, 3.05) is 0 Å². The molecule has 22 heavy (non-hydrogen) atoms. The van der Waals surface area contributed by atoms with Gasteiger partial charge >= 0.3 is 0 Å². The molecule has 0 aliphatic rings. The predicted octanol–water partition coefficient (Wildman–Crippen LogP) is 5.79. The summed E-state index contributed by atoms with van der Waals surface area (Å²) in [5.41, 5.74) is 2.64. The normalized spacial score (nSPS) is 11.1. The molecule has 0 atom stereocenters. The summed E-state index contributed by atoms with van der Waals surface area (Å²) in [6.07, 6.45) is 3.26. The zero-order valence-electron chi connectivity index (χ0n) is 12.4. The molecular formula is C22H17. The summed E-state index contributed by atoms with van der Waals surface area (Å²) >= 11 is 0. The molecule has 0 aliphatic carbocycles. The first-order chi connectivity index (χ1) is 10.9. The number of hydrogen-bond donors (Lipinski definition) is 0. The van der Waals surface area contributed by atoms with Crippen LogP contribution >= 0.6 is 0 Å². The molecule has 4 aromatic rings. The Morgan fingerprint density at radius 2 is 1.14 bits per heavy atom. The summed E-state index contributed by atoms with van der Waals surface area (Å²) in [4.78, 5) is 0. The van der Waals surface area contributed by atoms with Gasteiger partial charge < -0.3 is 0 Å². The van der Waals surface area contributed by atoms with Crippen molar-refractivity contribution in [1.29, 1.82) is 0 Å². The summed E-state index contributed by atoms with van der Waals surface area (Å²) in [6.45, 7) is 0. The molecule has 0 heteroatoms. The third kappa shape index (κ3) is 2.60. The van der Waals surface area contributed by atoms with E-state index in [4.69, 9.17) is 0 Å². The second kappa shape index (κ2) is 5.65. The van der Waals surface area contributed by atoms with E-state index in [9.17, 15) is 0 Å². The Hall–Kier alpha value is -2.60. The Labute approximate surface area is 131 Å². The van der Waals surface area contributed by atoms with Crippen molar-refractivity contribution < 1.29 is 0 Å². The van der Waals surface area contributed by atoms with Crippen molar-refractivity contribution in [3.63, 3.8) is 0 Å². The molecule has 0 spiro atoms. The Morgan fingerprint density at radius 1 is 0.545 bits per heavy atom. The van der Waals surface area contributed by atoms with Crippen LogP contribution < -0.4 is 0 Å². The van der Waals surface area contributed by atoms with E-state index in [1.807, 2.05) is 0 Å². The van der Waals surface area contributed by atoms with Crippen LogP contribution in [0.15, 0.2) is 84.9 Å². The third-order valence-electron chi connectivity index (χ3n) is 4.16. The van der Waals surface area contributed by atoms with E-state index in [1.165, 1.54) is 32.7 Å². The molecule has 0 aliphatic heterocycles. The van der Waals surface area contributed by atoms with Crippen LogP contribution in [-0.2, 0) is 6.42 Å². The van der Waals surface area contributed by atoms with E-state index in [0.29, 0.717) is 0 Å². The molecule has 0 saturated heterocycles. The van der Waals surface area contributed by atoms with Gasteiger partial charge in [0.25, 0.3) is 0 Å². The van der Waals surface area contributed by atoms with Crippen LogP contribution in [0.1, 0.15) is 11.1 Å². The molecule has 1 radical (unpaired) electrons. The average molecular weight is 281 g/mol. The second-order valence-electron chi connectivity index (χ2n) is 5.70. The lowest BCUT2D eigenvalue weighted by molar-refractivity contribution is 1.18. The summed E-state index contributed by atoms with van der Waals surface area (Å²) in [5, 5.41) is 5.21. The zero-order valence-corrected chi connectivity index (χ0v) is 12.4. The largest absolute Gasteiger partial charge is 0.0616 e. The minimum Gasteiger partial charge on any atom is -0.0616 e. The van der Waals surface area contributed by atoms with Gasteiger partial charge in [0.15, 0.2) is 0 Å². The minimum atomic E-state index is 0.961. The maximum atomic E-state index is 2.30. The molecule has 4 aromatic carbocycles. The van der Waals surface area contributed by atoms with Crippen LogP contribution in [0.3, 0.4) is 0 Å². The van der Waals surface area contributed by atoms with E-state index in [2.05, 4.69) is 91.3 Å². The summed E-state index contributed by atoms with van der Waals surface area (Å²) in [5.74, 6) is 0. The van der Waals surface area contributed by atoms with Gasteiger partial charge in [0.2, 0.25) is 0 Å². The van der Waals surface area contributed by atoms with E-state index >= 15 is 0 Å². The van der Waals surface area contributed by atoms with Crippen molar-refractivity contribution in [3.05, 3.63) is 102 Å². The van der Waals surface area contributed by atoms with Crippen LogP contribution in [0.2, 0.25) is 0 Å². The quantitative estimate of drug-likeness (QED) is 0.446. The molecule has 0 unspecified atom stereocenters. The maximum Gasteiger partial charge on any atom is -0.00492 e. The fourth-order valence-corrected chi connectivity index (χ4v) is 2.94. The van der Waals surface area contributed by atoms with Crippen molar-refractivity contribution in [2.24, 2.45) is 0 Å². The molecule has 0 bridgehead atoms. The topological polar surface area (TPSA) is 0 Å². The third-order valence-corrected chi connectivity index (χ3v) is 4.16. The fourth-order valence-electron chi connectivity index (χ4n) is 2.94. The van der Waals surface area contributed by atoms with E-state index in [0.717, 1.165) is 6.42 Å². The highest BCUT2D eigenvalue weighted by molar-refractivity contribution is 5.84. The molecule has 0 saturated carbocycles. The first-order valence-electron chi connectivity index (χ1n) is 7.68. The van der Waals surface area contributed by atoms with E-state index in [-0.39, 0.29) is 0 Å². The van der Waals surface area contributed by atoms with E-state index in [1.54, 1.807) is 0 Å². The summed E-state index contributed by atoms with van der Waals surface area (Å²) in [6, 6.07) is 30.4. The molecule has 4 rings (SSSR count). The minimum absolute atomic E-state index is 0.961. The molecule has 0 N–H and O–H groups in total. The highest BCUT2D eigenvalue weighted by Gasteiger charge is 2.00. The van der Waals surface area contributed by atoms with Crippen LogP contribution in [0, 0.1) is 6.42 Å². The highest BCUT2D eigenvalue weighted by atomic mass is 14.0. The van der Waals surface area contributed by atoms with Gasteiger partial charge in [0.1, 0.15) is 0 Å². The Morgan fingerprint density at radius 3 is 1.86 bits per heavy atom. The van der Waals surface area contributed by atoms with Crippen molar-refractivity contribution in [1.82, 2.24) is 0 Å². The smallest absolute Gasteiger partial charge is 0.00492 e. The van der Waals surface area contributed by atoms with Gasteiger partial charge in [-0.2, -0.15) is 0 Å². The van der Waals surface area contributed by atoms with Gasteiger partial charge in [-0.05, 0) is 45.5 Å². The van der Waals surface area contributed by atoms with Crippen LogP contribution in [0.5, 0.6) is 0 Å². The van der Waals surface area contributed by atoms with Gasteiger partial charge in [-0.15, -0.1) is 0 Å². The lowest BCUT2D eigenvalue weighted by Crippen LogP contribution is -1.89. The van der Waals surface area contributed by atoms with Gasteiger partial charge in [0, 0.05) is 0 Å². The molecule has 0 nitrogen and oxygen atoms in total. The lowest BCUT2D eigenvalue weighted by atomic mass is 9.99. The first kappa shape index (κ1) is 13.1. The number of benzene rings is 4. The average Bonchev–Trinajstić information content (AvgIpc) is 2.59. The maximum absolute atomic E-state index is 2.30. The van der Waals surface area contributed by atoms with Crippen molar-refractivity contribution in [2.45, 2.75) is 6.42 Å². The Kier molecular flexibility index (Phi) is 3.36. The SMILES string of the molecule is [CH](Cc1ccc2ccccc2c1)c1ccc2ccccc2c1. The highest BCUT2D eigenvalue weighted by Crippen LogP contribution is 2.20. The molecular weight excluding hydrogens is 264 g/mol. The summed E-state index contributed by atoms with van der Waals surface area (Å²) in [7, 11) is 0. The number of hydrogen-bond acceptors (Lipinski definition) is 0. The predicted molar refractivity (Wildman–Crippen MR) is 95.0 cm³/mol. The number of rotatable bonds is 3. The first-order valence-corrected chi connectivity index (χ1v) is 7.68. The molecule has 0 fully saturated rings. The summed E-state index contributed by atoms with van der Waals surface area (Å²) < 4.78 is 0. The number of fused-ring (bicyclic) bond motifs is 2. The lowest BCUT2D eigenvalue weighted by Gasteiger charge is -2.05. The van der Waals surface area contributed by atoms with E-state index < -0.39 is 0 Å².